The number of nitrogens with two attached hydrogens (primary N) is 2. The predicted octanol–water partition coefficient (Wildman–Crippen LogP) is 2.11. The Balaban J connectivity index is 1.49. The van der Waals surface area contributed by atoms with Crippen LogP contribution in [0.4, 0.5) is 16.6 Å². The number of rotatable bonds is 5. The molecule has 4 heterocycles. The molecule has 1 fully saturated rings. The largest absolute Gasteiger partial charge is 0.467 e. The number of carbonyl (C=O) groups is 1. The molecule has 1 spiro atoms. The summed E-state index contributed by atoms with van der Waals surface area (Å²) in [4.78, 5) is 32.6. The fourth-order valence-electron chi connectivity index (χ4n) is 5.87. The van der Waals surface area contributed by atoms with Crippen molar-refractivity contribution in [1.29, 1.82) is 10.5 Å². The second-order valence-corrected chi connectivity index (χ2v) is 12.1. The zero-order chi connectivity index (χ0) is 29.5. The number of aryl methyl sites for hydroxylation is 1. The van der Waals surface area contributed by atoms with Crippen LogP contribution in [0.2, 0.25) is 0 Å². The second-order valence-electron chi connectivity index (χ2n) is 10.6. The van der Waals surface area contributed by atoms with E-state index in [9.17, 15) is 15.3 Å². The second kappa shape index (κ2) is 11.1. The Morgan fingerprint density at radius 3 is 2.46 bits per heavy atom. The maximum absolute atomic E-state index is 12.4. The molecular weight excluding hydrogens is 564 g/mol. The van der Waals surface area contributed by atoms with Crippen molar-refractivity contribution in [2.45, 2.75) is 31.1 Å². The first-order valence-corrected chi connectivity index (χ1v) is 14.4. The van der Waals surface area contributed by atoms with E-state index in [-0.39, 0.29) is 28.7 Å². The Morgan fingerprint density at radius 2 is 1.83 bits per heavy atom. The number of amides is 1. The lowest BCUT2D eigenvalue weighted by atomic mass is 9.66. The number of nitrogens with zero attached hydrogens (tertiary/aromatic N) is 8. The van der Waals surface area contributed by atoms with Crippen molar-refractivity contribution in [3.05, 3.63) is 32.3 Å². The summed E-state index contributed by atoms with van der Waals surface area (Å²) in [5, 5.41) is 20.8. The fourth-order valence-corrected chi connectivity index (χ4v) is 7.25. The Hall–Kier alpha value is -4.07. The van der Waals surface area contributed by atoms with Crippen LogP contribution in [0.5, 0.6) is 6.01 Å². The van der Waals surface area contributed by atoms with Gasteiger partial charge < -0.3 is 30.9 Å². The molecule has 2 aromatic rings. The average Bonchev–Trinajstić information content (AvgIpc) is 3.11. The number of thiophene rings is 1. The molecule has 12 nitrogen and oxygen atoms in total. The number of methoxy groups -OCH3 is 1. The van der Waals surface area contributed by atoms with Crippen molar-refractivity contribution in [3.63, 3.8) is 0 Å². The summed E-state index contributed by atoms with van der Waals surface area (Å²) in [6.45, 7) is 2.42. The van der Waals surface area contributed by atoms with Crippen LogP contribution in [0.3, 0.4) is 0 Å². The molecule has 0 unspecified atom stereocenters. The van der Waals surface area contributed by atoms with Crippen molar-refractivity contribution >= 4 is 51.2 Å². The quantitative estimate of drug-likeness (QED) is 0.488. The van der Waals surface area contributed by atoms with Crippen LogP contribution in [0.15, 0.2) is 15.7 Å². The maximum Gasteiger partial charge on any atom is 0.320 e. The molecule has 5 rings (SSSR count). The molecule has 0 atom stereocenters. The highest BCUT2D eigenvalue weighted by molar-refractivity contribution is 7.16. The van der Waals surface area contributed by atoms with Gasteiger partial charge in [-0.05, 0) is 31.2 Å². The standard InChI is InChI=1S/C27H31ClN10O2S/c1-36(2)25(39)21(31)20(28)17-12-37(9-5-8-33-17)23-16(11-30)24(35-26(34-23)40-3)38-13-27(14-38)7-4-6-18-19(27)15(10-29)22(32)41-18/h4-9,12-14,31-32H2,1-3H3/b21-20+. The minimum atomic E-state index is -0.415. The monoisotopic (exact) mass is 594 g/mol. The number of ether oxygens (including phenoxy) is 1. The third-order valence-electron chi connectivity index (χ3n) is 7.80. The van der Waals surface area contributed by atoms with Gasteiger partial charge in [0.1, 0.15) is 28.4 Å². The first kappa shape index (κ1) is 28.5. The highest BCUT2D eigenvalue weighted by Gasteiger charge is 2.50. The smallest absolute Gasteiger partial charge is 0.320 e. The van der Waals surface area contributed by atoms with Crippen LogP contribution in [0.1, 0.15) is 40.8 Å². The number of nitrogen functional groups attached to an aromatic ring is 1. The van der Waals surface area contributed by atoms with Crippen LogP contribution in [-0.2, 0) is 16.6 Å². The summed E-state index contributed by atoms with van der Waals surface area (Å²) in [6, 6.07) is 4.76. The molecule has 1 aliphatic carbocycles. The SMILES string of the molecule is COc1nc(N2CCCN=C(/C(Cl)=C(\N)C(=O)N(C)C)C2)c(C#N)c(N2CC3(CCCc4sc(N)c(C#N)c43)C2)n1. The molecule has 1 saturated heterocycles. The number of hydrogen-bond donors (Lipinski definition) is 2. The fraction of sp³-hybridized carbons (Fsp3) is 0.481. The molecule has 2 aromatic heterocycles. The van der Waals surface area contributed by atoms with Gasteiger partial charge in [0, 0.05) is 50.6 Å². The molecule has 0 aromatic carbocycles. The minimum absolute atomic E-state index is 0.0801. The van der Waals surface area contributed by atoms with Gasteiger partial charge in [-0.2, -0.15) is 20.5 Å². The lowest BCUT2D eigenvalue weighted by Gasteiger charge is -2.53. The van der Waals surface area contributed by atoms with Crippen molar-refractivity contribution in [3.8, 4) is 18.1 Å². The normalized spacial score (nSPS) is 18.2. The summed E-state index contributed by atoms with van der Waals surface area (Å²) < 4.78 is 5.46. The van der Waals surface area contributed by atoms with Gasteiger partial charge in [0.15, 0.2) is 11.6 Å². The summed E-state index contributed by atoms with van der Waals surface area (Å²) in [5.41, 5.74) is 14.4. The van der Waals surface area contributed by atoms with E-state index in [1.807, 2.05) is 9.80 Å². The number of halogens is 1. The van der Waals surface area contributed by atoms with Crippen molar-refractivity contribution in [1.82, 2.24) is 14.9 Å². The summed E-state index contributed by atoms with van der Waals surface area (Å²) in [7, 11) is 4.67. The van der Waals surface area contributed by atoms with E-state index in [1.54, 1.807) is 14.1 Å². The zero-order valence-electron chi connectivity index (χ0n) is 23.2. The highest BCUT2D eigenvalue weighted by atomic mass is 35.5. The van der Waals surface area contributed by atoms with Gasteiger partial charge in [0.05, 0.1) is 30.0 Å². The van der Waals surface area contributed by atoms with Crippen molar-refractivity contribution in [2.75, 3.05) is 69.5 Å². The van der Waals surface area contributed by atoms with Crippen LogP contribution < -0.4 is 26.0 Å². The molecule has 2 aliphatic heterocycles. The van der Waals surface area contributed by atoms with E-state index in [0.29, 0.717) is 66.1 Å². The Kier molecular flexibility index (Phi) is 7.68. The van der Waals surface area contributed by atoms with E-state index in [4.69, 9.17) is 27.8 Å². The van der Waals surface area contributed by atoms with Crippen LogP contribution in [-0.4, -0.2) is 80.4 Å². The summed E-state index contributed by atoms with van der Waals surface area (Å²) in [6.07, 6.45) is 3.54. The van der Waals surface area contributed by atoms with Crippen molar-refractivity contribution < 1.29 is 9.53 Å². The number of fused-ring (bicyclic) bond motifs is 2. The number of carbonyl (C=O) groups excluding carboxylic acids is 1. The molecule has 214 valence electrons. The number of aromatic nitrogens is 2. The third kappa shape index (κ3) is 4.89. The average molecular weight is 595 g/mol. The molecule has 1 amide bonds. The van der Waals surface area contributed by atoms with E-state index in [0.717, 1.165) is 24.8 Å². The molecule has 3 aliphatic rings. The maximum atomic E-state index is 12.4. The molecule has 0 radical (unpaired) electrons. The van der Waals surface area contributed by atoms with Gasteiger partial charge in [-0.3, -0.25) is 9.79 Å². The van der Waals surface area contributed by atoms with Gasteiger partial charge in [-0.1, -0.05) is 11.6 Å². The zero-order valence-corrected chi connectivity index (χ0v) is 24.8. The first-order chi connectivity index (χ1) is 19.6. The highest BCUT2D eigenvalue weighted by Crippen LogP contribution is 2.51. The number of aliphatic imine (C=N–C) groups is 1. The summed E-state index contributed by atoms with van der Waals surface area (Å²) >= 11 is 8.07. The summed E-state index contributed by atoms with van der Waals surface area (Å²) in [5.74, 6) is 0.455. The van der Waals surface area contributed by atoms with Gasteiger partial charge in [0.2, 0.25) is 0 Å². The van der Waals surface area contributed by atoms with E-state index in [2.05, 4.69) is 27.1 Å². The van der Waals surface area contributed by atoms with Gasteiger partial charge in [-0.25, -0.2) is 0 Å². The molecule has 4 N–H and O–H groups in total. The van der Waals surface area contributed by atoms with Crippen molar-refractivity contribution in [2.24, 2.45) is 10.7 Å². The number of anilines is 3. The lowest BCUT2D eigenvalue weighted by Crippen LogP contribution is -2.61. The predicted molar refractivity (Wildman–Crippen MR) is 158 cm³/mol. The Bertz CT molecular complexity index is 1540. The van der Waals surface area contributed by atoms with Gasteiger partial charge in [0.25, 0.3) is 5.91 Å². The lowest BCUT2D eigenvalue weighted by molar-refractivity contribution is -0.124. The van der Waals surface area contributed by atoms with Crippen LogP contribution in [0.25, 0.3) is 0 Å². The minimum Gasteiger partial charge on any atom is -0.467 e. The van der Waals surface area contributed by atoms with Gasteiger partial charge >= 0.3 is 6.01 Å². The van der Waals surface area contributed by atoms with E-state index >= 15 is 0 Å². The third-order valence-corrected chi connectivity index (χ3v) is 9.30. The van der Waals surface area contributed by atoms with E-state index < -0.39 is 5.91 Å². The Morgan fingerprint density at radius 1 is 1.15 bits per heavy atom. The number of hydrogen-bond acceptors (Lipinski definition) is 12. The molecule has 0 saturated carbocycles. The van der Waals surface area contributed by atoms with Crippen LogP contribution in [0, 0.1) is 22.7 Å². The van der Waals surface area contributed by atoms with Crippen LogP contribution >= 0.6 is 22.9 Å². The number of nitriles is 2. The molecule has 14 heteroatoms. The van der Waals surface area contributed by atoms with E-state index in [1.165, 1.54) is 28.2 Å². The van der Waals surface area contributed by atoms with Gasteiger partial charge in [-0.15, -0.1) is 11.3 Å². The molecule has 41 heavy (non-hydrogen) atoms. The Labute approximate surface area is 247 Å². The molecule has 0 bridgehead atoms. The first-order valence-electron chi connectivity index (χ1n) is 13.2. The number of likely N-dealkylation sites (N-methyl/N-ethyl adjacent to an activating group) is 1. The topological polar surface area (TPSA) is 174 Å². The molecular formula is C27H31ClN10O2S.